The van der Waals surface area contributed by atoms with Crippen LogP contribution in [0.15, 0.2) is 18.2 Å². The van der Waals surface area contributed by atoms with Gasteiger partial charge < -0.3 is 5.32 Å². The van der Waals surface area contributed by atoms with Gasteiger partial charge in [-0.25, -0.2) is 4.39 Å². The van der Waals surface area contributed by atoms with Crippen LogP contribution in [0.2, 0.25) is 0 Å². The zero-order valence-electron chi connectivity index (χ0n) is 16.0. The number of hydrogen-bond donors (Lipinski definition) is 1. The van der Waals surface area contributed by atoms with Crippen molar-refractivity contribution < 1.29 is 35.5 Å². The topological polar surface area (TPSA) is 29.1 Å². The highest BCUT2D eigenvalue weighted by molar-refractivity contribution is 5.79. The van der Waals surface area contributed by atoms with Crippen LogP contribution in [0.3, 0.4) is 0 Å². The van der Waals surface area contributed by atoms with Gasteiger partial charge in [-0.2, -0.15) is 26.3 Å². The summed E-state index contributed by atoms with van der Waals surface area (Å²) in [4.78, 5) is 12.5. The van der Waals surface area contributed by atoms with Crippen LogP contribution < -0.4 is 5.32 Å². The predicted molar refractivity (Wildman–Crippen MR) is 94.3 cm³/mol. The van der Waals surface area contributed by atoms with E-state index < -0.39 is 23.6 Å². The quantitative estimate of drug-likeness (QED) is 0.615. The average molecular weight is 437 g/mol. The fraction of sp³-hybridized carbons (Fsp3) is 0.667. The minimum Gasteiger partial charge on any atom is -0.356 e. The van der Waals surface area contributed by atoms with Gasteiger partial charge in [-0.1, -0.05) is 18.2 Å². The molecule has 1 N–H and O–H groups in total. The first-order valence-corrected chi connectivity index (χ1v) is 10.2. The molecule has 30 heavy (non-hydrogen) atoms. The van der Waals surface area contributed by atoms with Crippen molar-refractivity contribution in [2.45, 2.75) is 62.5 Å². The normalized spacial score (nSPS) is 26.8. The van der Waals surface area contributed by atoms with Crippen molar-refractivity contribution >= 4 is 5.91 Å². The third kappa shape index (κ3) is 3.47. The van der Waals surface area contributed by atoms with Gasteiger partial charge >= 0.3 is 18.0 Å². The Labute approximate surface area is 169 Å². The second-order valence-electron chi connectivity index (χ2n) is 8.75. The number of halogens is 7. The fourth-order valence-electron chi connectivity index (χ4n) is 5.09. The fourth-order valence-corrected chi connectivity index (χ4v) is 5.09. The minimum atomic E-state index is -6.12. The van der Waals surface area contributed by atoms with E-state index in [0.29, 0.717) is 55.0 Å². The Morgan fingerprint density at radius 2 is 1.60 bits per heavy atom. The third-order valence-electron chi connectivity index (χ3n) is 6.89. The number of carbonyl (C=O) groups is 1. The van der Waals surface area contributed by atoms with E-state index in [2.05, 4.69) is 5.32 Å². The summed E-state index contributed by atoms with van der Waals surface area (Å²) in [5.41, 5.74) is -5.90. The maximum absolute atomic E-state index is 14.4. The molecule has 2 nitrogen and oxygen atoms in total. The third-order valence-corrected chi connectivity index (χ3v) is 6.89. The Hall–Kier alpha value is -1.80. The molecule has 0 spiro atoms. The molecule has 0 aromatic heterocycles. The number of nitrogens with one attached hydrogen (secondary N) is 1. The Bertz CT molecular complexity index is 814. The molecule has 0 saturated heterocycles. The molecule has 3 atom stereocenters. The van der Waals surface area contributed by atoms with Crippen LogP contribution in [-0.4, -0.2) is 24.8 Å². The van der Waals surface area contributed by atoms with Gasteiger partial charge in [-0.05, 0) is 67.4 Å². The number of hydrogen-bond acceptors (Lipinski definition) is 1. The molecule has 166 valence electrons. The molecule has 0 aliphatic heterocycles. The van der Waals surface area contributed by atoms with Crippen LogP contribution >= 0.6 is 0 Å². The number of fused-ring (bicyclic) bond motifs is 3. The van der Waals surface area contributed by atoms with Crippen LogP contribution in [-0.2, 0) is 16.9 Å². The molecule has 2 saturated carbocycles. The number of rotatable bonds is 4. The van der Waals surface area contributed by atoms with Gasteiger partial charge in [0.05, 0.1) is 0 Å². The molecule has 0 bridgehead atoms. The molecule has 1 aromatic rings. The van der Waals surface area contributed by atoms with Crippen LogP contribution in [0.5, 0.6) is 0 Å². The molecule has 2 fully saturated rings. The summed E-state index contributed by atoms with van der Waals surface area (Å²) in [6.45, 7) is 0.653. The van der Waals surface area contributed by atoms with Crippen molar-refractivity contribution in [3.8, 4) is 0 Å². The van der Waals surface area contributed by atoms with E-state index >= 15 is 0 Å². The van der Waals surface area contributed by atoms with Gasteiger partial charge in [0, 0.05) is 18.0 Å². The van der Waals surface area contributed by atoms with Gasteiger partial charge in [-0.3, -0.25) is 4.79 Å². The maximum atomic E-state index is 14.4. The summed E-state index contributed by atoms with van der Waals surface area (Å²) in [7, 11) is 0. The number of aryl methyl sites for hydroxylation is 1. The summed E-state index contributed by atoms with van der Waals surface area (Å²) in [6.07, 6.45) is -8.04. The van der Waals surface area contributed by atoms with E-state index in [4.69, 9.17) is 0 Å². The summed E-state index contributed by atoms with van der Waals surface area (Å²) >= 11 is 0. The second kappa shape index (κ2) is 7.12. The monoisotopic (exact) mass is 437 g/mol. The van der Waals surface area contributed by atoms with Gasteiger partial charge in [0.1, 0.15) is 0 Å². The van der Waals surface area contributed by atoms with E-state index in [1.54, 1.807) is 0 Å². The van der Waals surface area contributed by atoms with Crippen LogP contribution in [0.25, 0.3) is 0 Å². The average Bonchev–Trinajstić information content (AvgIpc) is 3.39. The largest absolute Gasteiger partial charge is 0.435 e. The van der Waals surface area contributed by atoms with Crippen LogP contribution in [0, 0.1) is 17.8 Å². The lowest BCUT2D eigenvalue weighted by Gasteiger charge is -2.34. The van der Waals surface area contributed by atoms with Crippen molar-refractivity contribution in [3.63, 3.8) is 0 Å². The molecule has 9 heteroatoms. The number of amides is 1. The first-order chi connectivity index (χ1) is 13.9. The number of benzene rings is 1. The van der Waals surface area contributed by atoms with E-state index in [9.17, 15) is 35.5 Å². The predicted octanol–water partition coefficient (Wildman–Crippen LogP) is 5.56. The second-order valence-corrected chi connectivity index (χ2v) is 8.75. The van der Waals surface area contributed by atoms with Gasteiger partial charge in [-0.15, -0.1) is 0 Å². The standard InChI is InChI=1S/C21H22F7NO/c22-19(20(23,24)25,21(26,27)28)13-4-6-14-12(9-13)3-5-16-15(14)7-8-17(16)18(30)29-10-11-1-2-11/h4,6,9,11,15-17H,1-3,5,7-8,10H2,(H,29,30)/t15?,16?,17-/m1/s1. The van der Waals surface area contributed by atoms with E-state index in [0.717, 1.165) is 12.8 Å². The van der Waals surface area contributed by atoms with E-state index in [1.807, 2.05) is 0 Å². The first-order valence-electron chi connectivity index (χ1n) is 10.2. The SMILES string of the molecule is O=C(NCC1CC1)[C@@H]1CCC2c3ccc(C(F)(C(F)(F)F)C(F)(F)F)cc3CCC21. The highest BCUT2D eigenvalue weighted by Gasteiger charge is 2.73. The zero-order chi connectivity index (χ0) is 21.9. The lowest BCUT2D eigenvalue weighted by molar-refractivity contribution is -0.348. The Morgan fingerprint density at radius 3 is 2.20 bits per heavy atom. The van der Waals surface area contributed by atoms with Crippen molar-refractivity contribution in [1.82, 2.24) is 5.32 Å². The number of carbonyl (C=O) groups excluding carboxylic acids is 1. The van der Waals surface area contributed by atoms with Gasteiger partial charge in [0.2, 0.25) is 5.91 Å². The molecule has 3 aliphatic carbocycles. The molecule has 0 heterocycles. The molecule has 0 radical (unpaired) electrons. The smallest absolute Gasteiger partial charge is 0.356 e. The molecule has 3 aliphatic rings. The van der Waals surface area contributed by atoms with Crippen molar-refractivity contribution in [2.24, 2.45) is 17.8 Å². The molecular formula is C21H22F7NO. The first kappa shape index (κ1) is 21.4. The lowest BCUT2D eigenvalue weighted by atomic mass is 9.73. The van der Waals surface area contributed by atoms with Crippen molar-refractivity contribution in [2.75, 3.05) is 6.54 Å². The van der Waals surface area contributed by atoms with E-state index in [1.165, 1.54) is 6.07 Å². The van der Waals surface area contributed by atoms with Gasteiger partial charge in [0.25, 0.3) is 0 Å². The van der Waals surface area contributed by atoms with Crippen LogP contribution in [0.1, 0.15) is 54.7 Å². The Kier molecular flexibility index (Phi) is 5.09. The zero-order valence-corrected chi connectivity index (χ0v) is 16.0. The lowest BCUT2D eigenvalue weighted by Crippen LogP contribution is -2.50. The maximum Gasteiger partial charge on any atom is 0.435 e. The summed E-state index contributed by atoms with van der Waals surface area (Å²) < 4.78 is 92.8. The highest BCUT2D eigenvalue weighted by atomic mass is 19.4. The summed E-state index contributed by atoms with van der Waals surface area (Å²) in [5, 5.41) is 2.97. The molecule has 2 unspecified atom stereocenters. The van der Waals surface area contributed by atoms with Crippen molar-refractivity contribution in [1.29, 1.82) is 0 Å². The molecule has 4 rings (SSSR count). The highest BCUT2D eigenvalue weighted by Crippen LogP contribution is 2.55. The number of alkyl halides is 7. The van der Waals surface area contributed by atoms with Crippen molar-refractivity contribution in [3.05, 3.63) is 34.9 Å². The summed E-state index contributed by atoms with van der Waals surface area (Å²) in [6, 6.07) is 2.51. The minimum absolute atomic E-state index is 0.00270. The molecule has 1 aromatic carbocycles. The molecule has 1 amide bonds. The van der Waals surface area contributed by atoms with Gasteiger partial charge in [0.15, 0.2) is 0 Å². The molecular weight excluding hydrogens is 415 g/mol. The van der Waals surface area contributed by atoms with Crippen LogP contribution in [0.4, 0.5) is 30.7 Å². The van der Waals surface area contributed by atoms with E-state index in [-0.39, 0.29) is 30.1 Å². The Morgan fingerprint density at radius 1 is 0.933 bits per heavy atom. The Balaban J connectivity index is 1.58. The summed E-state index contributed by atoms with van der Waals surface area (Å²) in [5.74, 6) is 0.214.